The van der Waals surface area contributed by atoms with Gasteiger partial charge < -0.3 is 19.8 Å². The number of anilines is 1. The normalized spacial score (nSPS) is 10.4. The van der Waals surface area contributed by atoms with Crippen LogP contribution in [0.3, 0.4) is 0 Å². The van der Waals surface area contributed by atoms with Crippen molar-refractivity contribution in [1.29, 1.82) is 0 Å². The molecule has 9 heteroatoms. The second-order valence-electron chi connectivity index (χ2n) is 5.44. The third-order valence-electron chi connectivity index (χ3n) is 3.53. The Morgan fingerprint density at radius 1 is 1.33 bits per heavy atom. The number of rotatable bonds is 7. The fourth-order valence-electron chi connectivity index (χ4n) is 2.23. The van der Waals surface area contributed by atoms with Crippen molar-refractivity contribution in [2.24, 2.45) is 0 Å². The van der Waals surface area contributed by atoms with Crippen LogP contribution in [0.2, 0.25) is 5.02 Å². The molecule has 0 saturated heterocycles. The Balaban J connectivity index is 1.52. The van der Waals surface area contributed by atoms with E-state index in [1.54, 1.807) is 41.9 Å². The minimum atomic E-state index is -0.454. The van der Waals surface area contributed by atoms with E-state index in [0.717, 1.165) is 5.56 Å². The number of methoxy groups -OCH3 is 1. The molecule has 1 aromatic carbocycles. The van der Waals surface area contributed by atoms with Gasteiger partial charge in [-0.2, -0.15) is 0 Å². The van der Waals surface area contributed by atoms with Crippen molar-refractivity contribution in [3.05, 3.63) is 52.6 Å². The van der Waals surface area contributed by atoms with E-state index in [1.807, 2.05) is 0 Å². The second kappa shape index (κ2) is 8.70. The molecule has 27 heavy (non-hydrogen) atoms. The zero-order valence-corrected chi connectivity index (χ0v) is 15.9. The number of halogens is 1. The monoisotopic (exact) mass is 405 g/mol. The average Bonchev–Trinajstić information content (AvgIpc) is 3.30. The van der Waals surface area contributed by atoms with Gasteiger partial charge in [0, 0.05) is 22.2 Å². The molecule has 0 aliphatic carbocycles. The summed E-state index contributed by atoms with van der Waals surface area (Å²) in [5.41, 5.74) is 1.72. The summed E-state index contributed by atoms with van der Waals surface area (Å²) in [5, 5.41) is 5.57. The number of carbonyl (C=O) groups excluding carboxylic acids is 2. The van der Waals surface area contributed by atoms with Crippen LogP contribution in [0.4, 0.5) is 5.13 Å². The standard InChI is InChI=1S/C18H16ClN3O4S/c1-25-17(24)14-7-11(9-20-14)15-10-27-18(21-15)22-16(23)5-6-26-13-4-2-3-12(19)8-13/h2-4,7-10,20H,5-6H2,1H3,(H,21,22,23). The van der Waals surface area contributed by atoms with Gasteiger partial charge in [-0.05, 0) is 24.3 Å². The number of benzene rings is 1. The predicted molar refractivity (Wildman–Crippen MR) is 103 cm³/mol. The maximum Gasteiger partial charge on any atom is 0.354 e. The quantitative estimate of drug-likeness (QED) is 0.580. The molecule has 0 radical (unpaired) electrons. The molecule has 0 unspecified atom stereocenters. The molecule has 0 aliphatic rings. The largest absolute Gasteiger partial charge is 0.493 e. The molecule has 0 aliphatic heterocycles. The van der Waals surface area contributed by atoms with Gasteiger partial charge in [0.25, 0.3) is 0 Å². The molecule has 3 aromatic rings. The highest BCUT2D eigenvalue weighted by atomic mass is 35.5. The van der Waals surface area contributed by atoms with Gasteiger partial charge in [-0.25, -0.2) is 9.78 Å². The number of hydrogen-bond acceptors (Lipinski definition) is 6. The number of aromatic amines is 1. The van der Waals surface area contributed by atoms with E-state index in [1.165, 1.54) is 18.4 Å². The van der Waals surface area contributed by atoms with Crippen molar-refractivity contribution >= 4 is 39.9 Å². The molecule has 0 atom stereocenters. The fourth-order valence-corrected chi connectivity index (χ4v) is 3.15. The van der Waals surface area contributed by atoms with Crippen molar-refractivity contribution < 1.29 is 19.1 Å². The smallest absolute Gasteiger partial charge is 0.354 e. The number of carbonyl (C=O) groups is 2. The summed E-state index contributed by atoms with van der Waals surface area (Å²) in [6.07, 6.45) is 1.84. The van der Waals surface area contributed by atoms with Crippen molar-refractivity contribution in [3.63, 3.8) is 0 Å². The number of aromatic nitrogens is 2. The van der Waals surface area contributed by atoms with Gasteiger partial charge in [0.05, 0.1) is 25.8 Å². The first-order valence-electron chi connectivity index (χ1n) is 7.96. The summed E-state index contributed by atoms with van der Waals surface area (Å²) < 4.78 is 10.2. The van der Waals surface area contributed by atoms with Gasteiger partial charge in [0.1, 0.15) is 11.4 Å². The van der Waals surface area contributed by atoms with Gasteiger partial charge in [0.15, 0.2) is 5.13 Å². The SMILES string of the molecule is COC(=O)c1cc(-c2csc(NC(=O)CCOc3cccc(Cl)c3)n2)c[nH]1. The molecule has 140 valence electrons. The van der Waals surface area contributed by atoms with Crippen LogP contribution >= 0.6 is 22.9 Å². The fraction of sp³-hybridized carbons (Fsp3) is 0.167. The lowest BCUT2D eigenvalue weighted by molar-refractivity contribution is -0.116. The third-order valence-corrected chi connectivity index (χ3v) is 4.52. The van der Waals surface area contributed by atoms with Crippen LogP contribution < -0.4 is 10.1 Å². The van der Waals surface area contributed by atoms with Crippen molar-refractivity contribution in [3.8, 4) is 17.0 Å². The number of amides is 1. The van der Waals surface area contributed by atoms with Crippen LogP contribution in [0.5, 0.6) is 5.75 Å². The molecule has 0 bridgehead atoms. The van der Waals surface area contributed by atoms with Gasteiger partial charge in [-0.1, -0.05) is 17.7 Å². The number of hydrogen-bond donors (Lipinski definition) is 2. The summed E-state index contributed by atoms with van der Waals surface area (Å²) in [7, 11) is 1.31. The highest BCUT2D eigenvalue weighted by Crippen LogP contribution is 2.26. The van der Waals surface area contributed by atoms with Crippen LogP contribution in [0.25, 0.3) is 11.3 Å². The Morgan fingerprint density at radius 2 is 2.19 bits per heavy atom. The van der Waals surface area contributed by atoms with Crippen LogP contribution in [-0.4, -0.2) is 35.6 Å². The summed E-state index contributed by atoms with van der Waals surface area (Å²) in [5.74, 6) is -0.0485. The van der Waals surface area contributed by atoms with Crippen molar-refractivity contribution in [2.75, 3.05) is 19.0 Å². The lowest BCUT2D eigenvalue weighted by atomic mass is 10.2. The molecule has 0 fully saturated rings. The minimum Gasteiger partial charge on any atom is -0.493 e. The van der Waals surface area contributed by atoms with E-state index in [0.29, 0.717) is 27.3 Å². The molecular formula is C18H16ClN3O4S. The first-order chi connectivity index (χ1) is 13.0. The number of nitrogens with zero attached hydrogens (tertiary/aromatic N) is 1. The number of H-pyrrole nitrogens is 1. The van der Waals surface area contributed by atoms with Crippen molar-refractivity contribution in [1.82, 2.24) is 9.97 Å². The van der Waals surface area contributed by atoms with E-state index in [9.17, 15) is 9.59 Å². The van der Waals surface area contributed by atoms with Gasteiger partial charge >= 0.3 is 5.97 Å². The third kappa shape index (κ3) is 5.08. The molecule has 1 amide bonds. The van der Waals surface area contributed by atoms with Gasteiger partial charge in [-0.3, -0.25) is 4.79 Å². The number of thiazole rings is 1. The lowest BCUT2D eigenvalue weighted by Gasteiger charge is -2.06. The maximum atomic E-state index is 12.0. The van der Waals surface area contributed by atoms with E-state index < -0.39 is 5.97 Å². The Morgan fingerprint density at radius 3 is 2.96 bits per heavy atom. The molecule has 2 aromatic heterocycles. The molecule has 0 saturated carbocycles. The van der Waals surface area contributed by atoms with Crippen molar-refractivity contribution in [2.45, 2.75) is 6.42 Å². The zero-order valence-electron chi connectivity index (χ0n) is 14.3. The predicted octanol–water partition coefficient (Wildman–Crippen LogP) is 3.99. The molecule has 2 N–H and O–H groups in total. The molecule has 0 spiro atoms. The first kappa shape index (κ1) is 18.9. The molecule has 3 rings (SSSR count). The highest BCUT2D eigenvalue weighted by molar-refractivity contribution is 7.14. The highest BCUT2D eigenvalue weighted by Gasteiger charge is 2.13. The number of nitrogens with one attached hydrogen (secondary N) is 2. The summed E-state index contributed by atoms with van der Waals surface area (Å²) in [6, 6.07) is 8.63. The number of ether oxygens (including phenoxy) is 2. The number of esters is 1. The topological polar surface area (TPSA) is 93.3 Å². The Hall–Kier alpha value is -2.84. The van der Waals surface area contributed by atoms with Gasteiger partial charge in [0.2, 0.25) is 5.91 Å². The summed E-state index contributed by atoms with van der Waals surface area (Å²) in [4.78, 5) is 30.7. The molecule has 2 heterocycles. The summed E-state index contributed by atoms with van der Waals surface area (Å²) >= 11 is 7.18. The minimum absolute atomic E-state index is 0.179. The summed E-state index contributed by atoms with van der Waals surface area (Å²) in [6.45, 7) is 0.227. The Labute approximate surface area is 164 Å². The average molecular weight is 406 g/mol. The second-order valence-corrected chi connectivity index (χ2v) is 6.73. The molecular weight excluding hydrogens is 390 g/mol. The Kier molecular flexibility index (Phi) is 6.10. The zero-order chi connectivity index (χ0) is 19.2. The maximum absolute atomic E-state index is 12.0. The van der Waals surface area contributed by atoms with Crippen LogP contribution in [0, 0.1) is 0 Å². The van der Waals surface area contributed by atoms with Crippen LogP contribution in [-0.2, 0) is 9.53 Å². The van der Waals surface area contributed by atoms with Crippen LogP contribution in [0.1, 0.15) is 16.9 Å². The van der Waals surface area contributed by atoms with E-state index in [2.05, 4.69) is 20.0 Å². The van der Waals surface area contributed by atoms with E-state index >= 15 is 0 Å². The van der Waals surface area contributed by atoms with E-state index in [-0.39, 0.29) is 18.9 Å². The Bertz CT molecular complexity index is 953. The lowest BCUT2D eigenvalue weighted by Crippen LogP contribution is -2.15. The molecule has 7 nitrogen and oxygen atoms in total. The van der Waals surface area contributed by atoms with Gasteiger partial charge in [-0.15, -0.1) is 11.3 Å². The van der Waals surface area contributed by atoms with E-state index in [4.69, 9.17) is 16.3 Å². The van der Waals surface area contributed by atoms with Crippen LogP contribution in [0.15, 0.2) is 41.9 Å². The first-order valence-corrected chi connectivity index (χ1v) is 9.22.